The number of imidazole rings is 2. The molecule has 2 aromatic carbocycles. The number of aromatic amines is 2. The van der Waals surface area contributed by atoms with Crippen LogP contribution < -0.4 is 10.6 Å². The minimum absolute atomic E-state index is 0.0785. The van der Waals surface area contributed by atoms with Crippen LogP contribution in [0.2, 0.25) is 0 Å². The van der Waals surface area contributed by atoms with Gasteiger partial charge in [-0.3, -0.25) is 9.59 Å². The van der Waals surface area contributed by atoms with Crippen molar-refractivity contribution in [1.82, 2.24) is 40.4 Å². The number of nitrogens with zero attached hydrogens (tertiary/aromatic N) is 4. The summed E-state index contributed by atoms with van der Waals surface area (Å²) >= 11 is 0. The highest BCUT2D eigenvalue weighted by Gasteiger charge is 2.55. The van der Waals surface area contributed by atoms with Gasteiger partial charge in [0.15, 0.2) is 0 Å². The van der Waals surface area contributed by atoms with Crippen molar-refractivity contribution in [3.05, 3.63) is 72.6 Å². The molecular formula is C39H46N8O6. The summed E-state index contributed by atoms with van der Waals surface area (Å²) in [4.78, 5) is 70.6. The van der Waals surface area contributed by atoms with Gasteiger partial charge in [-0.15, -0.1) is 0 Å². The van der Waals surface area contributed by atoms with Gasteiger partial charge in [0.05, 0.1) is 50.1 Å². The summed E-state index contributed by atoms with van der Waals surface area (Å²) in [5.41, 5.74) is 4.94. The maximum Gasteiger partial charge on any atom is 0.407 e. The number of hydrogen-bond donors (Lipinski definition) is 4. The van der Waals surface area contributed by atoms with Gasteiger partial charge in [0.1, 0.15) is 23.2 Å². The average molecular weight is 723 g/mol. The molecule has 3 atom stereocenters. The van der Waals surface area contributed by atoms with E-state index >= 15 is 0 Å². The lowest BCUT2D eigenvalue weighted by molar-refractivity contribution is -0.136. The average Bonchev–Trinajstić information content (AvgIpc) is 3.75. The van der Waals surface area contributed by atoms with E-state index in [0.717, 1.165) is 71.0 Å². The molecule has 7 rings (SSSR count). The fraction of sp³-hybridized carbons (Fsp3) is 0.436. The molecule has 4 aromatic rings. The van der Waals surface area contributed by atoms with Gasteiger partial charge in [0.25, 0.3) is 0 Å². The third-order valence-corrected chi connectivity index (χ3v) is 10.7. The quantitative estimate of drug-likeness (QED) is 0.161. The SMILES string of the molecule is COC(=O)N[C@H](C(=O)N1CCCC1c1ncc(-c2ccc(-c3ccc(-c4cnc([C@@H]5CCCN5C(=O)C5(NC(=O)OC)CC5)[nH]4)cc3)cc2)[nH]1)C(C)C. The second-order valence-electron chi connectivity index (χ2n) is 14.4. The highest BCUT2D eigenvalue weighted by atomic mass is 16.5. The minimum Gasteiger partial charge on any atom is -0.453 e. The molecule has 4 N–H and O–H groups in total. The summed E-state index contributed by atoms with van der Waals surface area (Å²) < 4.78 is 9.49. The molecule has 3 fully saturated rings. The van der Waals surface area contributed by atoms with Crippen LogP contribution in [-0.4, -0.2) is 92.6 Å². The molecule has 14 heteroatoms. The summed E-state index contributed by atoms with van der Waals surface area (Å²) in [6.07, 6.45) is 6.91. The van der Waals surface area contributed by atoms with Crippen molar-refractivity contribution >= 4 is 24.0 Å². The number of rotatable bonds is 10. The van der Waals surface area contributed by atoms with Crippen molar-refractivity contribution in [1.29, 1.82) is 0 Å². The van der Waals surface area contributed by atoms with Crippen LogP contribution in [0.5, 0.6) is 0 Å². The molecule has 0 radical (unpaired) electrons. The van der Waals surface area contributed by atoms with Crippen molar-refractivity contribution in [3.63, 3.8) is 0 Å². The van der Waals surface area contributed by atoms with Crippen LogP contribution in [0.1, 0.15) is 76.1 Å². The Bertz CT molecular complexity index is 1970. The molecule has 278 valence electrons. The highest BCUT2D eigenvalue weighted by molar-refractivity contribution is 5.93. The summed E-state index contributed by atoms with van der Waals surface area (Å²) in [6.45, 7) is 5.02. The number of nitrogens with one attached hydrogen (secondary N) is 4. The summed E-state index contributed by atoms with van der Waals surface area (Å²) in [5, 5.41) is 5.43. The van der Waals surface area contributed by atoms with Gasteiger partial charge in [0, 0.05) is 13.1 Å². The van der Waals surface area contributed by atoms with E-state index in [9.17, 15) is 19.2 Å². The third-order valence-electron chi connectivity index (χ3n) is 10.7. The molecule has 2 aliphatic heterocycles. The highest BCUT2D eigenvalue weighted by Crippen LogP contribution is 2.42. The van der Waals surface area contributed by atoms with Crippen LogP contribution >= 0.6 is 0 Å². The molecule has 4 amide bonds. The summed E-state index contributed by atoms with van der Waals surface area (Å²) in [6, 6.07) is 15.4. The predicted octanol–water partition coefficient (Wildman–Crippen LogP) is 5.73. The Morgan fingerprint density at radius 3 is 1.68 bits per heavy atom. The molecule has 0 bridgehead atoms. The van der Waals surface area contributed by atoms with Gasteiger partial charge in [-0.05, 0) is 66.7 Å². The molecule has 1 unspecified atom stereocenters. The molecule has 2 aromatic heterocycles. The van der Waals surface area contributed by atoms with Gasteiger partial charge >= 0.3 is 12.2 Å². The maximum absolute atomic E-state index is 13.5. The van der Waals surface area contributed by atoms with Gasteiger partial charge in [-0.2, -0.15) is 0 Å². The van der Waals surface area contributed by atoms with Crippen molar-refractivity contribution in [2.24, 2.45) is 5.92 Å². The summed E-state index contributed by atoms with van der Waals surface area (Å²) in [5.74, 6) is 1.14. The smallest absolute Gasteiger partial charge is 0.407 e. The molecule has 2 saturated heterocycles. The molecule has 14 nitrogen and oxygen atoms in total. The number of carbonyl (C=O) groups excluding carboxylic acids is 4. The monoisotopic (exact) mass is 722 g/mol. The normalized spacial score (nSPS) is 19.6. The second kappa shape index (κ2) is 14.8. The number of hydrogen-bond acceptors (Lipinski definition) is 8. The number of likely N-dealkylation sites (tertiary alicyclic amines) is 2. The van der Waals surface area contributed by atoms with E-state index in [-0.39, 0.29) is 29.8 Å². The van der Waals surface area contributed by atoms with E-state index < -0.39 is 23.8 Å². The zero-order valence-corrected chi connectivity index (χ0v) is 30.5. The first-order valence-corrected chi connectivity index (χ1v) is 18.2. The van der Waals surface area contributed by atoms with Crippen LogP contribution in [0.25, 0.3) is 33.6 Å². The molecule has 0 spiro atoms. The second-order valence-corrected chi connectivity index (χ2v) is 14.4. The van der Waals surface area contributed by atoms with Crippen LogP contribution in [0, 0.1) is 5.92 Å². The number of aromatic nitrogens is 4. The topological polar surface area (TPSA) is 175 Å². The van der Waals surface area contributed by atoms with E-state index in [1.165, 1.54) is 14.2 Å². The maximum atomic E-state index is 13.5. The Kier molecular flexibility index (Phi) is 9.95. The molecule has 3 aliphatic rings. The fourth-order valence-electron chi connectivity index (χ4n) is 7.52. The Morgan fingerprint density at radius 1 is 0.736 bits per heavy atom. The Balaban J connectivity index is 0.997. The van der Waals surface area contributed by atoms with Crippen LogP contribution in [0.15, 0.2) is 60.9 Å². The zero-order chi connectivity index (χ0) is 37.3. The minimum atomic E-state index is -0.871. The van der Waals surface area contributed by atoms with E-state index in [1.54, 1.807) is 17.3 Å². The van der Waals surface area contributed by atoms with Crippen LogP contribution in [-0.2, 0) is 19.1 Å². The molecule has 1 saturated carbocycles. The number of alkyl carbamates (subject to hydrolysis) is 2. The Morgan fingerprint density at radius 2 is 1.21 bits per heavy atom. The summed E-state index contributed by atoms with van der Waals surface area (Å²) in [7, 11) is 2.59. The van der Waals surface area contributed by atoms with E-state index in [0.29, 0.717) is 25.9 Å². The molecule has 4 heterocycles. The van der Waals surface area contributed by atoms with E-state index in [1.807, 2.05) is 18.7 Å². The largest absolute Gasteiger partial charge is 0.453 e. The Labute approximate surface area is 308 Å². The first-order chi connectivity index (χ1) is 25.6. The fourth-order valence-corrected chi connectivity index (χ4v) is 7.52. The molecular weight excluding hydrogens is 676 g/mol. The van der Waals surface area contributed by atoms with Crippen molar-refractivity contribution in [2.45, 2.75) is 76.0 Å². The number of methoxy groups -OCH3 is 2. The molecule has 1 aliphatic carbocycles. The Hall–Kier alpha value is -5.66. The van der Waals surface area contributed by atoms with Gasteiger partial charge in [0.2, 0.25) is 11.8 Å². The van der Waals surface area contributed by atoms with E-state index in [4.69, 9.17) is 9.47 Å². The van der Waals surface area contributed by atoms with Crippen molar-refractivity contribution < 1.29 is 28.7 Å². The van der Waals surface area contributed by atoms with Crippen LogP contribution in [0.3, 0.4) is 0 Å². The third kappa shape index (κ3) is 7.22. The first-order valence-electron chi connectivity index (χ1n) is 18.2. The number of H-pyrrole nitrogens is 2. The lowest BCUT2D eigenvalue weighted by Gasteiger charge is -2.30. The number of ether oxygens (including phenoxy) is 2. The van der Waals surface area contributed by atoms with Crippen molar-refractivity contribution in [2.75, 3.05) is 27.3 Å². The van der Waals surface area contributed by atoms with Crippen molar-refractivity contribution in [3.8, 4) is 33.6 Å². The standard InChI is InChI=1S/C39H46N8O6/c1-23(2)32(44-37(50)52-3)35(48)46-19-5-7-30(46)33-40-21-28(42-33)26-13-9-24(10-14-26)25-11-15-27(16-12-25)29-22-41-34(43-29)31-8-6-20-47(31)36(49)39(17-18-39)45-38(51)53-4/h9-16,21-23,30-32H,5-8,17-20H2,1-4H3,(H,40,42)(H,41,43)(H,44,50)(H,45,51)/t30?,31-,32-/m0/s1. The lowest BCUT2D eigenvalue weighted by Crippen LogP contribution is -2.51. The molecule has 53 heavy (non-hydrogen) atoms. The number of amides is 4. The van der Waals surface area contributed by atoms with Gasteiger partial charge < -0.3 is 39.9 Å². The van der Waals surface area contributed by atoms with Crippen LogP contribution in [0.4, 0.5) is 9.59 Å². The first kappa shape index (κ1) is 35.7. The zero-order valence-electron chi connectivity index (χ0n) is 30.5. The lowest BCUT2D eigenvalue weighted by atomic mass is 10.0. The number of carbonyl (C=O) groups is 4. The van der Waals surface area contributed by atoms with Gasteiger partial charge in [-0.1, -0.05) is 62.4 Å². The van der Waals surface area contributed by atoms with Gasteiger partial charge in [-0.25, -0.2) is 19.6 Å². The predicted molar refractivity (Wildman–Crippen MR) is 196 cm³/mol. The van der Waals surface area contributed by atoms with E-state index in [2.05, 4.69) is 79.1 Å². The number of benzene rings is 2.